The van der Waals surface area contributed by atoms with E-state index in [1.54, 1.807) is 0 Å². The molecule has 0 saturated heterocycles. The fraction of sp³-hybridized carbons (Fsp3) is 0.778. The molecule has 1 aromatic rings. The molecule has 3 heteroatoms. The zero-order valence-corrected chi connectivity index (χ0v) is 13.6. The van der Waals surface area contributed by atoms with Crippen LogP contribution in [0.2, 0.25) is 0 Å². The molecule has 3 rings (SSSR count). The summed E-state index contributed by atoms with van der Waals surface area (Å²) in [4.78, 5) is 2.49. The summed E-state index contributed by atoms with van der Waals surface area (Å²) >= 11 is 0. The number of hydrogen-bond acceptors (Lipinski definition) is 3. The average molecular weight is 290 g/mol. The zero-order chi connectivity index (χ0) is 14.7. The van der Waals surface area contributed by atoms with Crippen molar-refractivity contribution in [2.75, 3.05) is 7.05 Å². The van der Waals surface area contributed by atoms with Gasteiger partial charge in [-0.1, -0.05) is 13.3 Å². The van der Waals surface area contributed by atoms with Gasteiger partial charge < -0.3 is 9.73 Å². The van der Waals surface area contributed by atoms with Gasteiger partial charge >= 0.3 is 0 Å². The highest BCUT2D eigenvalue weighted by Crippen LogP contribution is 2.29. The van der Waals surface area contributed by atoms with E-state index in [1.165, 1.54) is 50.5 Å². The first-order valence-corrected chi connectivity index (χ1v) is 8.74. The van der Waals surface area contributed by atoms with Crippen LogP contribution in [-0.2, 0) is 13.1 Å². The van der Waals surface area contributed by atoms with Crippen LogP contribution in [0.15, 0.2) is 16.7 Å². The van der Waals surface area contributed by atoms with Crippen LogP contribution >= 0.6 is 0 Å². The Kier molecular flexibility index (Phi) is 5.02. The van der Waals surface area contributed by atoms with Gasteiger partial charge in [0.15, 0.2) is 0 Å². The minimum absolute atomic E-state index is 0.742. The van der Waals surface area contributed by atoms with Gasteiger partial charge in [0.2, 0.25) is 0 Å². The Morgan fingerprint density at radius 1 is 1.19 bits per heavy atom. The van der Waals surface area contributed by atoms with E-state index in [9.17, 15) is 0 Å². The van der Waals surface area contributed by atoms with Gasteiger partial charge in [0.1, 0.15) is 5.76 Å². The van der Waals surface area contributed by atoms with Gasteiger partial charge in [-0.3, -0.25) is 4.90 Å². The molecule has 0 radical (unpaired) electrons. The summed E-state index contributed by atoms with van der Waals surface area (Å²) in [5, 5.41) is 3.54. The van der Waals surface area contributed by atoms with E-state index in [2.05, 4.69) is 30.3 Å². The van der Waals surface area contributed by atoms with Crippen molar-refractivity contribution in [1.82, 2.24) is 10.2 Å². The van der Waals surface area contributed by atoms with Crippen molar-refractivity contribution in [1.29, 1.82) is 0 Å². The zero-order valence-electron chi connectivity index (χ0n) is 13.6. The van der Waals surface area contributed by atoms with Gasteiger partial charge in [-0.05, 0) is 57.6 Å². The molecule has 0 atom stereocenters. The molecule has 118 valence electrons. The van der Waals surface area contributed by atoms with Crippen LogP contribution in [0.5, 0.6) is 0 Å². The molecule has 2 aliphatic carbocycles. The molecule has 0 spiro atoms. The van der Waals surface area contributed by atoms with Crippen LogP contribution in [0.25, 0.3) is 0 Å². The maximum atomic E-state index is 5.74. The Hall–Kier alpha value is -0.800. The summed E-state index contributed by atoms with van der Waals surface area (Å²) in [7, 11) is 2.25. The predicted octanol–water partition coefficient (Wildman–Crippen LogP) is 3.93. The summed E-state index contributed by atoms with van der Waals surface area (Å²) in [6, 6.07) is 3.73. The van der Waals surface area contributed by atoms with Gasteiger partial charge in [0.05, 0.1) is 12.8 Å². The summed E-state index contributed by atoms with van der Waals surface area (Å²) in [5.74, 6) is 2.08. The molecule has 2 fully saturated rings. The molecule has 2 aliphatic rings. The van der Waals surface area contributed by atoms with Crippen LogP contribution in [0.1, 0.15) is 63.2 Å². The van der Waals surface area contributed by atoms with Crippen LogP contribution in [0.3, 0.4) is 0 Å². The minimum atomic E-state index is 0.742. The number of nitrogens with one attached hydrogen (secondary N) is 1. The van der Waals surface area contributed by atoms with Crippen molar-refractivity contribution in [3.63, 3.8) is 0 Å². The third-order valence-electron chi connectivity index (χ3n) is 5.30. The van der Waals surface area contributed by atoms with Crippen molar-refractivity contribution in [2.24, 2.45) is 5.92 Å². The molecule has 21 heavy (non-hydrogen) atoms. The van der Waals surface area contributed by atoms with Crippen molar-refractivity contribution in [3.05, 3.63) is 23.7 Å². The SMILES string of the molecule is CCC1CCC(N(C)Cc2cc(CNC3CC3)co2)CC1. The molecule has 1 heterocycles. The molecule has 0 unspecified atom stereocenters. The Labute approximate surface area is 129 Å². The van der Waals surface area contributed by atoms with Gasteiger partial charge in [-0.15, -0.1) is 0 Å². The van der Waals surface area contributed by atoms with Crippen molar-refractivity contribution in [2.45, 2.75) is 77.0 Å². The Balaban J connectivity index is 1.44. The fourth-order valence-electron chi connectivity index (χ4n) is 3.52. The highest BCUT2D eigenvalue weighted by atomic mass is 16.3. The summed E-state index contributed by atoms with van der Waals surface area (Å²) in [5.41, 5.74) is 1.29. The lowest BCUT2D eigenvalue weighted by molar-refractivity contribution is 0.149. The lowest BCUT2D eigenvalue weighted by atomic mass is 9.84. The van der Waals surface area contributed by atoms with Crippen molar-refractivity contribution < 1.29 is 4.42 Å². The lowest BCUT2D eigenvalue weighted by Gasteiger charge is -2.34. The monoisotopic (exact) mass is 290 g/mol. The summed E-state index contributed by atoms with van der Waals surface area (Å²) in [6.45, 7) is 4.24. The summed E-state index contributed by atoms with van der Waals surface area (Å²) in [6.07, 6.45) is 11.5. The number of nitrogens with zero attached hydrogens (tertiary/aromatic N) is 1. The normalized spacial score (nSPS) is 26.4. The molecular weight excluding hydrogens is 260 g/mol. The molecule has 1 N–H and O–H groups in total. The second-order valence-corrected chi connectivity index (χ2v) is 7.07. The maximum Gasteiger partial charge on any atom is 0.118 e. The largest absolute Gasteiger partial charge is 0.468 e. The Morgan fingerprint density at radius 2 is 1.95 bits per heavy atom. The van der Waals surface area contributed by atoms with E-state index in [4.69, 9.17) is 4.42 Å². The van der Waals surface area contributed by atoms with Crippen LogP contribution in [0, 0.1) is 5.92 Å². The highest BCUT2D eigenvalue weighted by Gasteiger charge is 2.24. The second-order valence-electron chi connectivity index (χ2n) is 7.07. The van der Waals surface area contributed by atoms with E-state index in [0.29, 0.717) is 0 Å². The van der Waals surface area contributed by atoms with Crippen molar-refractivity contribution in [3.8, 4) is 0 Å². The number of hydrogen-bond donors (Lipinski definition) is 1. The van der Waals surface area contributed by atoms with E-state index in [1.807, 2.05) is 6.26 Å². The fourth-order valence-corrected chi connectivity index (χ4v) is 3.52. The topological polar surface area (TPSA) is 28.4 Å². The van der Waals surface area contributed by atoms with Crippen molar-refractivity contribution >= 4 is 0 Å². The average Bonchev–Trinajstić information content (AvgIpc) is 3.25. The Bertz CT molecular complexity index is 430. The van der Waals surface area contributed by atoms with E-state index in [0.717, 1.165) is 36.9 Å². The quantitative estimate of drug-likeness (QED) is 0.824. The molecule has 0 aromatic carbocycles. The minimum Gasteiger partial charge on any atom is -0.468 e. The standard InChI is InChI=1S/C18H30N2O/c1-3-14-4-8-17(9-5-14)20(2)12-18-10-15(13-21-18)11-19-16-6-7-16/h10,13-14,16-17,19H,3-9,11-12H2,1-2H3. The molecular formula is C18H30N2O. The number of rotatable bonds is 7. The van der Waals surface area contributed by atoms with Crippen LogP contribution in [0.4, 0.5) is 0 Å². The first-order chi connectivity index (χ1) is 10.2. The molecule has 0 bridgehead atoms. The maximum absolute atomic E-state index is 5.74. The lowest BCUT2D eigenvalue weighted by Crippen LogP contribution is -2.34. The smallest absolute Gasteiger partial charge is 0.118 e. The number of furan rings is 1. The molecule has 1 aromatic heterocycles. The van der Waals surface area contributed by atoms with E-state index in [-0.39, 0.29) is 0 Å². The van der Waals surface area contributed by atoms with Gasteiger partial charge in [0.25, 0.3) is 0 Å². The van der Waals surface area contributed by atoms with Gasteiger partial charge in [-0.2, -0.15) is 0 Å². The van der Waals surface area contributed by atoms with Gasteiger partial charge in [-0.25, -0.2) is 0 Å². The first kappa shape index (κ1) is 15.1. The molecule has 0 amide bonds. The third-order valence-corrected chi connectivity index (χ3v) is 5.30. The first-order valence-electron chi connectivity index (χ1n) is 8.74. The van der Waals surface area contributed by atoms with Gasteiger partial charge in [0, 0.05) is 24.2 Å². The van der Waals surface area contributed by atoms with Crippen LogP contribution < -0.4 is 5.32 Å². The molecule has 3 nitrogen and oxygen atoms in total. The third kappa shape index (κ3) is 4.33. The molecule has 0 aliphatic heterocycles. The van der Waals surface area contributed by atoms with Crippen LogP contribution in [-0.4, -0.2) is 24.0 Å². The second kappa shape index (κ2) is 6.97. The Morgan fingerprint density at radius 3 is 2.62 bits per heavy atom. The van der Waals surface area contributed by atoms with E-state index >= 15 is 0 Å². The summed E-state index contributed by atoms with van der Waals surface area (Å²) < 4.78 is 5.74. The molecule has 2 saturated carbocycles. The van der Waals surface area contributed by atoms with E-state index < -0.39 is 0 Å². The predicted molar refractivity (Wildman–Crippen MR) is 86.1 cm³/mol. The highest BCUT2D eigenvalue weighted by molar-refractivity contribution is 5.13.